The van der Waals surface area contributed by atoms with Gasteiger partial charge in [-0.25, -0.2) is 0 Å². The van der Waals surface area contributed by atoms with Gasteiger partial charge in [-0.1, -0.05) is 42.5 Å². The first-order valence-electron chi connectivity index (χ1n) is 9.00. The molecule has 1 unspecified atom stereocenters. The van der Waals surface area contributed by atoms with Crippen molar-refractivity contribution in [3.05, 3.63) is 108 Å². The Kier molecular flexibility index (Phi) is 3.68. The molecule has 0 fully saturated rings. The average Bonchev–Trinajstić information content (AvgIpc) is 3.18. The summed E-state index contributed by atoms with van der Waals surface area (Å²) in [5, 5.41) is 7.87. The second kappa shape index (κ2) is 6.32. The Hall–Kier alpha value is -3.53. The zero-order chi connectivity index (χ0) is 18.1. The molecule has 1 N–H and O–H groups in total. The highest BCUT2D eigenvalue weighted by Crippen LogP contribution is 2.42. The molecule has 0 saturated heterocycles. The van der Waals surface area contributed by atoms with Crippen molar-refractivity contribution in [1.82, 2.24) is 20.2 Å². The second-order valence-electron chi connectivity index (χ2n) is 6.79. The monoisotopic (exact) mass is 350 g/mol. The van der Waals surface area contributed by atoms with E-state index in [1.807, 2.05) is 30.7 Å². The Morgan fingerprint density at radius 3 is 2.41 bits per heavy atom. The minimum atomic E-state index is -0.240. The Morgan fingerprint density at radius 2 is 1.63 bits per heavy atom. The van der Waals surface area contributed by atoms with E-state index < -0.39 is 0 Å². The van der Waals surface area contributed by atoms with E-state index in [9.17, 15) is 0 Å². The summed E-state index contributed by atoms with van der Waals surface area (Å²) in [6.45, 7) is 0. The van der Waals surface area contributed by atoms with E-state index in [0.717, 1.165) is 28.9 Å². The van der Waals surface area contributed by atoms with E-state index in [1.165, 1.54) is 11.1 Å². The van der Waals surface area contributed by atoms with E-state index in [2.05, 4.69) is 74.8 Å². The third kappa shape index (κ3) is 2.57. The van der Waals surface area contributed by atoms with Gasteiger partial charge in [0.2, 0.25) is 0 Å². The predicted molar refractivity (Wildman–Crippen MR) is 106 cm³/mol. The summed E-state index contributed by atoms with van der Waals surface area (Å²) in [5.41, 5.74) is 6.50. The van der Waals surface area contributed by atoms with Crippen molar-refractivity contribution in [3.8, 4) is 11.3 Å². The number of hydrogen-bond acceptors (Lipinski definition) is 3. The number of aromatic nitrogens is 4. The van der Waals surface area contributed by atoms with Crippen molar-refractivity contribution < 1.29 is 0 Å². The van der Waals surface area contributed by atoms with E-state index in [4.69, 9.17) is 0 Å². The lowest BCUT2D eigenvalue weighted by molar-refractivity contribution is 0.619. The Balaban J connectivity index is 1.66. The normalized spacial score (nSPS) is 18.2. The van der Waals surface area contributed by atoms with Crippen LogP contribution in [0.15, 0.2) is 85.5 Å². The molecule has 1 aliphatic rings. The summed E-state index contributed by atoms with van der Waals surface area (Å²) in [7, 11) is 0. The molecule has 130 valence electrons. The molecule has 0 bridgehead atoms. The number of H-pyrrole nitrogens is 1. The zero-order valence-electron chi connectivity index (χ0n) is 14.7. The third-order valence-electron chi connectivity index (χ3n) is 5.29. The van der Waals surface area contributed by atoms with E-state index >= 15 is 0 Å². The number of hydrogen-bond donors (Lipinski definition) is 1. The Labute approximate surface area is 157 Å². The van der Waals surface area contributed by atoms with Crippen LogP contribution >= 0.6 is 0 Å². The Bertz CT molecular complexity index is 1040. The molecule has 1 aromatic carbocycles. The number of fused-ring (bicyclic) bond motifs is 1. The van der Waals surface area contributed by atoms with Gasteiger partial charge in [0.1, 0.15) is 5.69 Å². The molecule has 27 heavy (non-hydrogen) atoms. The molecule has 3 aromatic heterocycles. The number of benzene rings is 1. The van der Waals surface area contributed by atoms with Crippen LogP contribution in [0.2, 0.25) is 0 Å². The summed E-state index contributed by atoms with van der Waals surface area (Å²) < 4.78 is 0. The van der Waals surface area contributed by atoms with Crippen LogP contribution in [0.1, 0.15) is 22.4 Å². The molecular formula is C23H18N4. The molecule has 1 aliphatic carbocycles. The number of allylic oxidation sites excluding steroid dienone is 1. The van der Waals surface area contributed by atoms with Crippen LogP contribution in [-0.2, 0) is 11.8 Å². The molecule has 0 spiro atoms. The van der Waals surface area contributed by atoms with Gasteiger partial charge in [-0.05, 0) is 35.4 Å². The average molecular weight is 350 g/mol. The van der Waals surface area contributed by atoms with Crippen LogP contribution in [0.3, 0.4) is 0 Å². The number of nitrogens with zero attached hydrogens (tertiary/aromatic N) is 3. The molecule has 3 heterocycles. The fraction of sp³-hybridized carbons (Fsp3) is 0.0870. The van der Waals surface area contributed by atoms with Crippen LogP contribution in [0.5, 0.6) is 0 Å². The second-order valence-corrected chi connectivity index (χ2v) is 6.79. The molecule has 5 rings (SSSR count). The van der Waals surface area contributed by atoms with Gasteiger partial charge in [0.25, 0.3) is 0 Å². The van der Waals surface area contributed by atoms with E-state index in [1.54, 1.807) is 6.20 Å². The SMILES string of the molecule is C1=CC(c2ccccc2)(c2ccncc2)Cc2[nH]nc(-c3cccnc3)c21. The lowest BCUT2D eigenvalue weighted by atomic mass is 9.68. The van der Waals surface area contributed by atoms with Crippen molar-refractivity contribution in [1.29, 1.82) is 0 Å². The van der Waals surface area contributed by atoms with Crippen LogP contribution in [0, 0.1) is 0 Å². The van der Waals surface area contributed by atoms with Gasteiger partial charge in [-0.3, -0.25) is 15.1 Å². The van der Waals surface area contributed by atoms with Crippen LogP contribution in [0.4, 0.5) is 0 Å². The first-order chi connectivity index (χ1) is 13.4. The summed E-state index contributed by atoms with van der Waals surface area (Å²) in [5.74, 6) is 0. The van der Waals surface area contributed by atoms with Crippen molar-refractivity contribution in [2.45, 2.75) is 11.8 Å². The van der Waals surface area contributed by atoms with Gasteiger partial charge >= 0.3 is 0 Å². The largest absolute Gasteiger partial charge is 0.281 e. The molecule has 4 nitrogen and oxygen atoms in total. The third-order valence-corrected chi connectivity index (χ3v) is 5.29. The summed E-state index contributed by atoms with van der Waals surface area (Å²) in [4.78, 5) is 8.43. The molecule has 0 saturated carbocycles. The van der Waals surface area contributed by atoms with Gasteiger partial charge < -0.3 is 0 Å². The standard InChI is InChI=1S/C23H18N4/c1-2-6-18(7-3-1)23(19-9-13-24-14-10-19)11-8-20-21(15-23)26-27-22(20)17-5-4-12-25-16-17/h1-14,16H,15H2,(H,26,27). The van der Waals surface area contributed by atoms with Crippen molar-refractivity contribution in [2.24, 2.45) is 0 Å². The zero-order valence-corrected chi connectivity index (χ0v) is 14.7. The highest BCUT2D eigenvalue weighted by atomic mass is 15.1. The molecular weight excluding hydrogens is 332 g/mol. The van der Waals surface area contributed by atoms with Gasteiger partial charge in [0, 0.05) is 53.4 Å². The maximum absolute atomic E-state index is 4.59. The first kappa shape index (κ1) is 15.7. The van der Waals surface area contributed by atoms with Crippen molar-refractivity contribution in [2.75, 3.05) is 0 Å². The minimum Gasteiger partial charge on any atom is -0.281 e. The molecule has 4 aromatic rings. The number of aromatic amines is 1. The molecule has 0 aliphatic heterocycles. The van der Waals surface area contributed by atoms with E-state index in [0.29, 0.717) is 0 Å². The quantitative estimate of drug-likeness (QED) is 0.595. The van der Waals surface area contributed by atoms with Crippen LogP contribution in [0.25, 0.3) is 17.3 Å². The first-order valence-corrected chi connectivity index (χ1v) is 9.00. The van der Waals surface area contributed by atoms with Crippen molar-refractivity contribution in [3.63, 3.8) is 0 Å². The molecule has 1 atom stereocenters. The maximum atomic E-state index is 4.59. The lowest BCUT2D eigenvalue weighted by Gasteiger charge is -2.34. The lowest BCUT2D eigenvalue weighted by Crippen LogP contribution is -2.30. The summed E-state index contributed by atoms with van der Waals surface area (Å²) >= 11 is 0. The van der Waals surface area contributed by atoms with Crippen LogP contribution < -0.4 is 0 Å². The molecule has 0 amide bonds. The van der Waals surface area contributed by atoms with Crippen molar-refractivity contribution >= 4 is 6.08 Å². The molecule has 4 heteroatoms. The number of pyridine rings is 2. The number of rotatable bonds is 3. The van der Waals surface area contributed by atoms with Gasteiger partial charge in [-0.15, -0.1) is 0 Å². The van der Waals surface area contributed by atoms with E-state index in [-0.39, 0.29) is 5.41 Å². The number of nitrogens with one attached hydrogen (secondary N) is 1. The fourth-order valence-corrected chi connectivity index (χ4v) is 3.94. The topological polar surface area (TPSA) is 54.5 Å². The fourth-order valence-electron chi connectivity index (χ4n) is 3.94. The van der Waals surface area contributed by atoms with Gasteiger partial charge in [-0.2, -0.15) is 5.10 Å². The minimum absolute atomic E-state index is 0.240. The highest BCUT2D eigenvalue weighted by Gasteiger charge is 2.36. The molecule has 0 radical (unpaired) electrons. The Morgan fingerprint density at radius 1 is 0.815 bits per heavy atom. The predicted octanol–water partition coefficient (Wildman–Crippen LogP) is 4.42. The van der Waals surface area contributed by atoms with Gasteiger partial charge in [0.15, 0.2) is 0 Å². The summed E-state index contributed by atoms with van der Waals surface area (Å²) in [6, 6.07) is 18.8. The van der Waals surface area contributed by atoms with Gasteiger partial charge in [0.05, 0.1) is 0 Å². The summed E-state index contributed by atoms with van der Waals surface area (Å²) in [6.07, 6.45) is 12.7. The van der Waals surface area contributed by atoms with Crippen LogP contribution in [-0.4, -0.2) is 20.2 Å². The smallest absolute Gasteiger partial charge is 0.101 e. The highest BCUT2D eigenvalue weighted by molar-refractivity contribution is 5.76. The maximum Gasteiger partial charge on any atom is 0.101 e.